The van der Waals surface area contributed by atoms with Gasteiger partial charge in [-0.1, -0.05) is 29.8 Å². The number of benzene rings is 1. The van der Waals surface area contributed by atoms with Crippen molar-refractivity contribution in [3.05, 3.63) is 35.4 Å². The van der Waals surface area contributed by atoms with Gasteiger partial charge in [0.2, 0.25) is 0 Å². The highest BCUT2D eigenvalue weighted by atomic mass is 16.5. The van der Waals surface area contributed by atoms with Crippen LogP contribution in [0.1, 0.15) is 24.0 Å². The van der Waals surface area contributed by atoms with Crippen LogP contribution >= 0.6 is 0 Å². The molecule has 0 saturated carbocycles. The first kappa shape index (κ1) is 15.8. The second-order valence-corrected chi connectivity index (χ2v) is 5.69. The van der Waals surface area contributed by atoms with E-state index >= 15 is 0 Å². The van der Waals surface area contributed by atoms with Crippen molar-refractivity contribution in [2.24, 2.45) is 0 Å². The predicted molar refractivity (Wildman–Crippen MR) is 81.3 cm³/mol. The third-order valence-electron chi connectivity index (χ3n) is 3.78. The minimum atomic E-state index is -0.827. The zero-order chi connectivity index (χ0) is 15.1. The number of carbonyl (C=O) groups excluding carboxylic acids is 1. The van der Waals surface area contributed by atoms with Gasteiger partial charge in [-0.05, 0) is 18.9 Å². The Morgan fingerprint density at radius 1 is 1.33 bits per heavy atom. The molecule has 1 fully saturated rings. The molecule has 1 aliphatic heterocycles. The molecule has 116 valence electrons. The third-order valence-corrected chi connectivity index (χ3v) is 3.78. The highest BCUT2D eigenvalue weighted by Crippen LogP contribution is 2.19. The highest BCUT2D eigenvalue weighted by molar-refractivity contribution is 5.73. The van der Waals surface area contributed by atoms with Gasteiger partial charge in [-0.3, -0.25) is 0 Å². The van der Waals surface area contributed by atoms with E-state index in [9.17, 15) is 9.90 Å². The molecular weight excluding hydrogens is 268 g/mol. The molecule has 2 amide bonds. The molecule has 3 N–H and O–H groups in total. The molecule has 0 aromatic heterocycles. The average molecular weight is 292 g/mol. The fraction of sp³-hybridized carbons (Fsp3) is 0.562. The molecule has 1 aromatic rings. The second-order valence-electron chi connectivity index (χ2n) is 5.69. The lowest BCUT2D eigenvalue weighted by Gasteiger charge is -2.32. The summed E-state index contributed by atoms with van der Waals surface area (Å²) >= 11 is 0. The van der Waals surface area contributed by atoms with E-state index < -0.39 is 5.60 Å². The predicted octanol–water partition coefficient (Wildman–Crippen LogP) is 1.38. The zero-order valence-electron chi connectivity index (χ0n) is 12.5. The van der Waals surface area contributed by atoms with E-state index in [0.29, 0.717) is 32.6 Å². The smallest absolute Gasteiger partial charge is 0.314 e. The number of hydrogen-bond donors (Lipinski definition) is 3. The summed E-state index contributed by atoms with van der Waals surface area (Å²) < 4.78 is 5.21. The van der Waals surface area contributed by atoms with Gasteiger partial charge in [-0.2, -0.15) is 0 Å². The van der Waals surface area contributed by atoms with Crippen LogP contribution in [0.4, 0.5) is 4.79 Å². The van der Waals surface area contributed by atoms with Gasteiger partial charge >= 0.3 is 6.03 Å². The number of hydrogen-bond acceptors (Lipinski definition) is 3. The Morgan fingerprint density at radius 2 is 2.10 bits per heavy atom. The molecule has 1 heterocycles. The molecule has 0 unspecified atom stereocenters. The lowest BCUT2D eigenvalue weighted by molar-refractivity contribution is -0.0600. The lowest BCUT2D eigenvalue weighted by atomic mass is 9.94. The van der Waals surface area contributed by atoms with Crippen LogP contribution in [0, 0.1) is 6.92 Å². The second kappa shape index (κ2) is 7.43. The molecule has 0 bridgehead atoms. The van der Waals surface area contributed by atoms with E-state index in [1.807, 2.05) is 6.07 Å². The van der Waals surface area contributed by atoms with Crippen molar-refractivity contribution in [1.82, 2.24) is 10.6 Å². The third kappa shape index (κ3) is 5.36. The molecule has 0 spiro atoms. The summed E-state index contributed by atoms with van der Waals surface area (Å²) in [5, 5.41) is 15.8. The van der Waals surface area contributed by atoms with Gasteiger partial charge in [0.15, 0.2) is 0 Å². The van der Waals surface area contributed by atoms with Crippen LogP contribution in [0.5, 0.6) is 0 Å². The maximum absolute atomic E-state index is 11.7. The molecule has 5 heteroatoms. The molecule has 0 aliphatic carbocycles. The fourth-order valence-corrected chi connectivity index (χ4v) is 2.42. The average Bonchev–Trinajstić information content (AvgIpc) is 2.46. The summed E-state index contributed by atoms with van der Waals surface area (Å²) in [6.07, 6.45) is 1.93. The van der Waals surface area contributed by atoms with Crippen molar-refractivity contribution in [3.63, 3.8) is 0 Å². The van der Waals surface area contributed by atoms with Crippen molar-refractivity contribution in [2.75, 3.05) is 26.3 Å². The minimum absolute atomic E-state index is 0.234. The summed E-state index contributed by atoms with van der Waals surface area (Å²) in [4.78, 5) is 11.7. The summed E-state index contributed by atoms with van der Waals surface area (Å²) in [6, 6.07) is 8.01. The van der Waals surface area contributed by atoms with E-state index in [2.05, 4.69) is 35.8 Å². The van der Waals surface area contributed by atoms with Crippen LogP contribution in [0.15, 0.2) is 24.3 Å². The van der Waals surface area contributed by atoms with Crippen molar-refractivity contribution >= 4 is 6.03 Å². The summed E-state index contributed by atoms with van der Waals surface area (Å²) in [7, 11) is 0. The van der Waals surface area contributed by atoms with E-state index in [1.165, 1.54) is 11.1 Å². The Labute approximate surface area is 125 Å². The number of urea groups is 1. The molecule has 2 rings (SSSR count). The van der Waals surface area contributed by atoms with Gasteiger partial charge in [0, 0.05) is 39.1 Å². The van der Waals surface area contributed by atoms with Gasteiger partial charge in [-0.15, -0.1) is 0 Å². The first-order valence-electron chi connectivity index (χ1n) is 7.45. The largest absolute Gasteiger partial charge is 0.388 e. The van der Waals surface area contributed by atoms with Crippen LogP contribution in [0.3, 0.4) is 0 Å². The highest BCUT2D eigenvalue weighted by Gasteiger charge is 2.29. The quantitative estimate of drug-likeness (QED) is 0.768. The van der Waals surface area contributed by atoms with E-state index in [1.54, 1.807) is 0 Å². The normalized spacial score (nSPS) is 17.2. The van der Waals surface area contributed by atoms with Crippen molar-refractivity contribution in [2.45, 2.75) is 31.8 Å². The van der Waals surface area contributed by atoms with Crippen LogP contribution in [-0.4, -0.2) is 43.0 Å². The van der Waals surface area contributed by atoms with E-state index in [-0.39, 0.29) is 12.6 Å². The van der Waals surface area contributed by atoms with Crippen LogP contribution in [-0.2, 0) is 11.2 Å². The Kier molecular flexibility index (Phi) is 5.59. The molecule has 0 atom stereocenters. The molecule has 5 nitrogen and oxygen atoms in total. The standard InChI is InChI=1S/C16H24N2O3/c1-13-3-2-4-14(11-13)5-8-17-15(19)18-12-16(20)6-9-21-10-7-16/h2-4,11,20H,5-10,12H2,1H3,(H2,17,18,19). The number of aliphatic hydroxyl groups is 1. The Bertz CT molecular complexity index is 470. The molecule has 21 heavy (non-hydrogen) atoms. The van der Waals surface area contributed by atoms with Crippen LogP contribution in [0.25, 0.3) is 0 Å². The summed E-state index contributed by atoms with van der Waals surface area (Å²) in [5.74, 6) is 0. The topological polar surface area (TPSA) is 70.6 Å². The lowest BCUT2D eigenvalue weighted by Crippen LogP contribution is -2.49. The first-order chi connectivity index (χ1) is 10.1. The number of amides is 2. The monoisotopic (exact) mass is 292 g/mol. The molecular formula is C16H24N2O3. The van der Waals surface area contributed by atoms with Gasteiger partial charge in [0.25, 0.3) is 0 Å². The van der Waals surface area contributed by atoms with E-state index in [4.69, 9.17) is 4.74 Å². The number of carbonyl (C=O) groups is 1. The van der Waals surface area contributed by atoms with E-state index in [0.717, 1.165) is 6.42 Å². The molecule has 1 aliphatic rings. The minimum Gasteiger partial charge on any atom is -0.388 e. The maximum atomic E-state index is 11.7. The molecule has 1 saturated heterocycles. The van der Waals surface area contributed by atoms with Gasteiger partial charge in [0.05, 0.1) is 5.60 Å². The van der Waals surface area contributed by atoms with Gasteiger partial charge in [0.1, 0.15) is 0 Å². The SMILES string of the molecule is Cc1cccc(CCNC(=O)NCC2(O)CCOCC2)c1. The summed E-state index contributed by atoms with van der Waals surface area (Å²) in [6.45, 7) is 4.00. The Balaban J connectivity index is 1.65. The summed E-state index contributed by atoms with van der Waals surface area (Å²) in [5.41, 5.74) is 1.60. The molecule has 0 radical (unpaired) electrons. The van der Waals surface area contributed by atoms with Crippen LogP contribution in [0.2, 0.25) is 0 Å². The number of nitrogens with one attached hydrogen (secondary N) is 2. The van der Waals surface area contributed by atoms with Crippen molar-refractivity contribution in [3.8, 4) is 0 Å². The van der Waals surface area contributed by atoms with Crippen molar-refractivity contribution < 1.29 is 14.6 Å². The fourth-order valence-electron chi connectivity index (χ4n) is 2.42. The Morgan fingerprint density at radius 3 is 2.81 bits per heavy atom. The maximum Gasteiger partial charge on any atom is 0.314 e. The zero-order valence-corrected chi connectivity index (χ0v) is 12.5. The van der Waals surface area contributed by atoms with Gasteiger partial charge in [-0.25, -0.2) is 4.79 Å². The Hall–Kier alpha value is -1.59. The number of rotatable bonds is 5. The number of aryl methyl sites for hydroxylation is 1. The number of ether oxygens (including phenoxy) is 1. The molecule has 1 aromatic carbocycles. The van der Waals surface area contributed by atoms with Crippen molar-refractivity contribution in [1.29, 1.82) is 0 Å². The first-order valence-corrected chi connectivity index (χ1v) is 7.45. The van der Waals surface area contributed by atoms with Crippen LogP contribution < -0.4 is 10.6 Å². The van der Waals surface area contributed by atoms with Gasteiger partial charge < -0.3 is 20.5 Å².